The predicted octanol–water partition coefficient (Wildman–Crippen LogP) is 3.32. The molecule has 5 nitrogen and oxygen atoms in total. The Morgan fingerprint density at radius 2 is 1.21 bits per heavy atom. The van der Waals surface area contributed by atoms with E-state index in [1.54, 1.807) is 0 Å². The van der Waals surface area contributed by atoms with Crippen LogP contribution in [0.3, 0.4) is 0 Å². The van der Waals surface area contributed by atoms with E-state index in [0.717, 1.165) is 38.5 Å². The third-order valence-electron chi connectivity index (χ3n) is 4.47. The Labute approximate surface area is 148 Å². The number of unbranched alkanes of at least 4 members (excludes halogenated alkanes) is 3. The van der Waals surface area contributed by atoms with Crippen LogP contribution in [-0.2, 0) is 18.9 Å². The van der Waals surface area contributed by atoms with Crippen LogP contribution in [0.15, 0.2) is 0 Å². The van der Waals surface area contributed by atoms with Gasteiger partial charge in [-0.3, -0.25) is 0 Å². The topological polar surface area (TPSA) is 57.2 Å². The maximum atomic E-state index is 9.72. The smallest absolute Gasteiger partial charge is 0.115 e. The first kappa shape index (κ1) is 21.8. The molecule has 0 aromatic rings. The van der Waals surface area contributed by atoms with Gasteiger partial charge in [0, 0.05) is 19.8 Å². The number of hydrogen-bond acceptors (Lipinski definition) is 5. The largest absolute Gasteiger partial charge is 0.394 e. The maximum Gasteiger partial charge on any atom is 0.115 e. The van der Waals surface area contributed by atoms with Gasteiger partial charge in [-0.25, -0.2) is 0 Å². The van der Waals surface area contributed by atoms with E-state index >= 15 is 0 Å². The lowest BCUT2D eigenvalue weighted by Gasteiger charge is -2.45. The molecule has 144 valence electrons. The molecule has 1 saturated heterocycles. The molecule has 0 aliphatic carbocycles. The first-order valence-corrected chi connectivity index (χ1v) is 9.80. The standard InChI is InChI=1S/C19H38O5/c1-5-8-11-21-17-15(4)24-16(14-20)18(22-12-9-6-2)19(17)23-13-10-7-3/h15-20H,5-14H2,1-4H3. The summed E-state index contributed by atoms with van der Waals surface area (Å²) in [5.41, 5.74) is 0. The van der Waals surface area contributed by atoms with Crippen molar-refractivity contribution in [1.29, 1.82) is 0 Å². The number of aliphatic hydroxyl groups is 1. The van der Waals surface area contributed by atoms with Crippen LogP contribution in [-0.4, -0.2) is 62.1 Å². The normalized spacial score (nSPS) is 30.6. The SMILES string of the molecule is CCCCOC1C(C)OC(CO)C(OCCCC)C1OCCCC. The van der Waals surface area contributed by atoms with Gasteiger partial charge in [0.15, 0.2) is 0 Å². The summed E-state index contributed by atoms with van der Waals surface area (Å²) in [7, 11) is 0. The Balaban J connectivity index is 2.79. The minimum absolute atomic E-state index is 0.0591. The summed E-state index contributed by atoms with van der Waals surface area (Å²) in [6.07, 6.45) is 5.21. The second kappa shape index (κ2) is 13.1. The Hall–Kier alpha value is -0.200. The molecule has 5 heteroatoms. The van der Waals surface area contributed by atoms with Gasteiger partial charge in [-0.05, 0) is 26.2 Å². The first-order chi connectivity index (χ1) is 11.7. The molecular formula is C19H38O5. The first-order valence-electron chi connectivity index (χ1n) is 9.80. The molecule has 5 atom stereocenters. The molecule has 1 N–H and O–H groups in total. The molecular weight excluding hydrogens is 308 g/mol. The van der Waals surface area contributed by atoms with Crippen molar-refractivity contribution in [2.45, 2.75) is 96.7 Å². The fourth-order valence-electron chi connectivity index (χ4n) is 2.96. The summed E-state index contributed by atoms with van der Waals surface area (Å²) in [6.45, 7) is 10.4. The molecule has 0 aromatic heterocycles. The zero-order valence-corrected chi connectivity index (χ0v) is 16.0. The zero-order chi connectivity index (χ0) is 17.8. The molecule has 1 fully saturated rings. The summed E-state index contributed by atoms with van der Waals surface area (Å²) in [5.74, 6) is 0. The van der Waals surface area contributed by atoms with Crippen LogP contribution in [0, 0.1) is 0 Å². The summed E-state index contributed by atoms with van der Waals surface area (Å²) in [4.78, 5) is 0. The molecule has 0 saturated carbocycles. The van der Waals surface area contributed by atoms with Crippen LogP contribution in [0.2, 0.25) is 0 Å². The number of aliphatic hydroxyl groups excluding tert-OH is 1. The summed E-state index contributed by atoms with van der Waals surface area (Å²) >= 11 is 0. The Bertz CT molecular complexity index is 299. The van der Waals surface area contributed by atoms with E-state index in [-0.39, 0.29) is 37.1 Å². The zero-order valence-electron chi connectivity index (χ0n) is 16.0. The van der Waals surface area contributed by atoms with Crippen LogP contribution in [0.4, 0.5) is 0 Å². The van der Waals surface area contributed by atoms with E-state index in [1.165, 1.54) is 0 Å². The monoisotopic (exact) mass is 346 g/mol. The number of ether oxygens (including phenoxy) is 4. The fourth-order valence-corrected chi connectivity index (χ4v) is 2.96. The van der Waals surface area contributed by atoms with Gasteiger partial charge < -0.3 is 24.1 Å². The van der Waals surface area contributed by atoms with Crippen molar-refractivity contribution in [3.05, 3.63) is 0 Å². The average Bonchev–Trinajstić information content (AvgIpc) is 2.58. The second-order valence-electron chi connectivity index (χ2n) is 6.63. The third kappa shape index (κ3) is 6.96. The summed E-state index contributed by atoms with van der Waals surface area (Å²) in [5, 5.41) is 9.72. The van der Waals surface area contributed by atoms with E-state index in [9.17, 15) is 5.11 Å². The van der Waals surface area contributed by atoms with Crippen molar-refractivity contribution in [3.63, 3.8) is 0 Å². The Morgan fingerprint density at radius 3 is 1.67 bits per heavy atom. The minimum Gasteiger partial charge on any atom is -0.394 e. The number of rotatable bonds is 13. The molecule has 0 amide bonds. The lowest BCUT2D eigenvalue weighted by Crippen LogP contribution is -2.60. The van der Waals surface area contributed by atoms with Gasteiger partial charge in [-0.2, -0.15) is 0 Å². The molecule has 1 aliphatic rings. The lowest BCUT2D eigenvalue weighted by molar-refractivity contribution is -0.259. The van der Waals surface area contributed by atoms with Crippen molar-refractivity contribution >= 4 is 0 Å². The van der Waals surface area contributed by atoms with Gasteiger partial charge >= 0.3 is 0 Å². The highest BCUT2D eigenvalue weighted by Gasteiger charge is 2.46. The van der Waals surface area contributed by atoms with Crippen LogP contribution in [0.25, 0.3) is 0 Å². The van der Waals surface area contributed by atoms with E-state index in [4.69, 9.17) is 18.9 Å². The molecule has 1 heterocycles. The molecule has 5 unspecified atom stereocenters. The highest BCUT2D eigenvalue weighted by atomic mass is 16.6. The second-order valence-corrected chi connectivity index (χ2v) is 6.63. The van der Waals surface area contributed by atoms with Crippen LogP contribution < -0.4 is 0 Å². The number of hydrogen-bond donors (Lipinski definition) is 1. The molecule has 0 aromatic carbocycles. The summed E-state index contributed by atoms with van der Waals surface area (Å²) in [6, 6.07) is 0. The van der Waals surface area contributed by atoms with Crippen LogP contribution >= 0.6 is 0 Å². The van der Waals surface area contributed by atoms with Crippen molar-refractivity contribution in [1.82, 2.24) is 0 Å². The van der Waals surface area contributed by atoms with Crippen molar-refractivity contribution in [3.8, 4) is 0 Å². The fraction of sp³-hybridized carbons (Fsp3) is 1.00. The Morgan fingerprint density at radius 1 is 0.750 bits per heavy atom. The van der Waals surface area contributed by atoms with Gasteiger partial charge in [-0.15, -0.1) is 0 Å². The maximum absolute atomic E-state index is 9.72. The van der Waals surface area contributed by atoms with E-state index in [1.807, 2.05) is 6.92 Å². The average molecular weight is 347 g/mol. The molecule has 24 heavy (non-hydrogen) atoms. The highest BCUT2D eigenvalue weighted by Crippen LogP contribution is 2.28. The van der Waals surface area contributed by atoms with E-state index < -0.39 is 0 Å². The third-order valence-corrected chi connectivity index (χ3v) is 4.47. The van der Waals surface area contributed by atoms with Gasteiger partial charge in [0.1, 0.15) is 24.4 Å². The highest BCUT2D eigenvalue weighted by molar-refractivity contribution is 4.94. The minimum atomic E-state index is -0.352. The Kier molecular flexibility index (Phi) is 11.9. The van der Waals surface area contributed by atoms with Crippen LogP contribution in [0.5, 0.6) is 0 Å². The summed E-state index contributed by atoms with van der Waals surface area (Å²) < 4.78 is 24.3. The molecule has 1 aliphatic heterocycles. The van der Waals surface area contributed by atoms with Gasteiger partial charge in [0.2, 0.25) is 0 Å². The lowest BCUT2D eigenvalue weighted by atomic mass is 9.95. The van der Waals surface area contributed by atoms with Crippen molar-refractivity contribution < 1.29 is 24.1 Å². The van der Waals surface area contributed by atoms with Gasteiger partial charge in [-0.1, -0.05) is 40.0 Å². The van der Waals surface area contributed by atoms with Crippen molar-refractivity contribution in [2.75, 3.05) is 26.4 Å². The molecule has 0 radical (unpaired) electrons. The van der Waals surface area contributed by atoms with Crippen molar-refractivity contribution in [2.24, 2.45) is 0 Å². The molecule has 1 rings (SSSR count). The van der Waals surface area contributed by atoms with E-state index in [2.05, 4.69) is 20.8 Å². The van der Waals surface area contributed by atoms with E-state index in [0.29, 0.717) is 19.8 Å². The van der Waals surface area contributed by atoms with Gasteiger partial charge in [0.25, 0.3) is 0 Å². The predicted molar refractivity (Wildman–Crippen MR) is 95.4 cm³/mol. The molecule has 0 bridgehead atoms. The van der Waals surface area contributed by atoms with Gasteiger partial charge in [0.05, 0.1) is 12.7 Å². The molecule has 0 spiro atoms. The quantitative estimate of drug-likeness (QED) is 0.519. The van der Waals surface area contributed by atoms with Crippen LogP contribution in [0.1, 0.15) is 66.2 Å².